The van der Waals surface area contributed by atoms with Gasteiger partial charge in [-0.3, -0.25) is 4.79 Å². The lowest BCUT2D eigenvalue weighted by Gasteiger charge is -2.14. The Kier molecular flexibility index (Phi) is 10.0. The van der Waals surface area contributed by atoms with Gasteiger partial charge in [-0.2, -0.15) is 0 Å². The molecule has 0 radical (unpaired) electrons. The molecule has 0 aliphatic rings. The van der Waals surface area contributed by atoms with Crippen LogP contribution in [0.1, 0.15) is 37.7 Å². The fraction of sp³-hybridized carbons (Fsp3) is 0.381. The lowest BCUT2D eigenvalue weighted by molar-refractivity contribution is -0.145. The number of nitrogens with zero attached hydrogens (tertiary/aromatic N) is 1. The summed E-state index contributed by atoms with van der Waals surface area (Å²) in [5.74, 6) is -0.700. The Morgan fingerprint density at radius 2 is 1.76 bits per heavy atom. The van der Waals surface area contributed by atoms with Crippen molar-refractivity contribution >= 4 is 11.9 Å². The molecular weight excluding hydrogens is 376 g/mol. The van der Waals surface area contributed by atoms with Crippen LogP contribution < -0.4 is 10.1 Å². The maximum atomic E-state index is 12.0. The van der Waals surface area contributed by atoms with E-state index in [1.807, 2.05) is 19.9 Å². The molecule has 0 aliphatic carbocycles. The monoisotopic (exact) mass is 404 g/mol. The third-order valence-corrected chi connectivity index (χ3v) is 3.72. The summed E-state index contributed by atoms with van der Waals surface area (Å²) in [5, 5.41) is 20.9. The highest BCUT2D eigenvalue weighted by molar-refractivity contribution is 5.97. The number of aromatic nitrogens is 1. The fourth-order valence-corrected chi connectivity index (χ4v) is 2.04. The van der Waals surface area contributed by atoms with Gasteiger partial charge in [0.05, 0.1) is 13.7 Å². The Balaban J connectivity index is 0.000000502. The second kappa shape index (κ2) is 12.2. The van der Waals surface area contributed by atoms with E-state index in [1.54, 1.807) is 24.3 Å². The summed E-state index contributed by atoms with van der Waals surface area (Å²) in [6.45, 7) is 5.86. The number of pyridine rings is 1. The molecule has 0 fully saturated rings. The van der Waals surface area contributed by atoms with E-state index in [-0.39, 0.29) is 17.2 Å². The molecule has 158 valence electrons. The quantitative estimate of drug-likeness (QED) is 0.607. The van der Waals surface area contributed by atoms with Crippen molar-refractivity contribution in [1.82, 2.24) is 10.3 Å². The Morgan fingerprint density at radius 1 is 1.10 bits per heavy atom. The lowest BCUT2D eigenvalue weighted by atomic mass is 10.1. The van der Waals surface area contributed by atoms with Gasteiger partial charge in [-0.05, 0) is 31.4 Å². The molecule has 3 N–H and O–H groups in total. The first-order valence-electron chi connectivity index (χ1n) is 9.19. The van der Waals surface area contributed by atoms with Crippen molar-refractivity contribution in [3.8, 4) is 17.2 Å². The summed E-state index contributed by atoms with van der Waals surface area (Å²) in [4.78, 5) is 27.6. The first-order valence-corrected chi connectivity index (χ1v) is 9.19. The van der Waals surface area contributed by atoms with E-state index in [9.17, 15) is 14.7 Å². The van der Waals surface area contributed by atoms with Gasteiger partial charge < -0.3 is 25.0 Å². The average molecular weight is 404 g/mol. The van der Waals surface area contributed by atoms with Crippen molar-refractivity contribution in [1.29, 1.82) is 0 Å². The molecule has 0 spiro atoms. The van der Waals surface area contributed by atoms with Gasteiger partial charge in [0.15, 0.2) is 17.2 Å². The minimum atomic E-state index is -0.841. The van der Waals surface area contributed by atoms with Gasteiger partial charge in [0.2, 0.25) is 0 Å². The number of phenols is 1. The number of hydrogen-bond acceptors (Lipinski definition) is 7. The fourth-order valence-electron chi connectivity index (χ4n) is 2.04. The number of rotatable bonds is 7. The van der Waals surface area contributed by atoms with Crippen LogP contribution in [0.25, 0.3) is 0 Å². The average Bonchev–Trinajstić information content (AvgIpc) is 2.68. The molecule has 8 nitrogen and oxygen atoms in total. The summed E-state index contributed by atoms with van der Waals surface area (Å²) < 4.78 is 9.97. The number of ether oxygens (including phenoxy) is 2. The Labute approximate surface area is 170 Å². The summed E-state index contributed by atoms with van der Waals surface area (Å²) in [6, 6.07) is 9.30. The van der Waals surface area contributed by atoms with Crippen LogP contribution in [-0.2, 0) is 9.53 Å². The predicted molar refractivity (Wildman–Crippen MR) is 108 cm³/mol. The van der Waals surface area contributed by atoms with Crippen LogP contribution in [0.5, 0.6) is 17.2 Å². The van der Waals surface area contributed by atoms with Crippen LogP contribution in [0.2, 0.25) is 0 Å². The van der Waals surface area contributed by atoms with E-state index >= 15 is 0 Å². The van der Waals surface area contributed by atoms with E-state index in [0.717, 1.165) is 6.42 Å². The minimum Gasteiger partial charge on any atom is -0.508 e. The number of carbonyl (C=O) groups excluding carboxylic acids is 2. The Bertz CT molecular complexity index is 780. The Hall–Kier alpha value is -3.29. The van der Waals surface area contributed by atoms with Crippen molar-refractivity contribution < 1.29 is 29.3 Å². The van der Waals surface area contributed by atoms with Gasteiger partial charge in [0.1, 0.15) is 11.8 Å². The summed E-state index contributed by atoms with van der Waals surface area (Å²) >= 11 is 0. The van der Waals surface area contributed by atoms with Crippen molar-refractivity contribution in [3.05, 3.63) is 48.3 Å². The van der Waals surface area contributed by atoms with E-state index in [4.69, 9.17) is 14.6 Å². The van der Waals surface area contributed by atoms with Gasteiger partial charge >= 0.3 is 5.97 Å². The van der Waals surface area contributed by atoms with E-state index in [1.165, 1.54) is 26.3 Å². The third-order valence-electron chi connectivity index (χ3n) is 3.72. The van der Waals surface area contributed by atoms with Gasteiger partial charge in [-0.25, -0.2) is 9.78 Å². The van der Waals surface area contributed by atoms with Crippen molar-refractivity contribution in [2.45, 2.75) is 33.2 Å². The zero-order chi connectivity index (χ0) is 21.8. The maximum Gasteiger partial charge on any atom is 0.328 e. The number of esters is 1. The van der Waals surface area contributed by atoms with Crippen LogP contribution >= 0.6 is 0 Å². The molecule has 1 unspecified atom stereocenters. The molecule has 2 rings (SSSR count). The number of methoxy groups -OCH3 is 1. The molecule has 8 heteroatoms. The smallest absolute Gasteiger partial charge is 0.328 e. The van der Waals surface area contributed by atoms with Crippen LogP contribution in [0, 0.1) is 5.92 Å². The number of phenolic OH excluding ortho intramolecular Hbond substituents is 1. The summed E-state index contributed by atoms with van der Waals surface area (Å²) in [6.07, 6.45) is 2.09. The molecule has 1 amide bonds. The molecule has 0 saturated heterocycles. The van der Waals surface area contributed by atoms with Crippen molar-refractivity contribution in [2.24, 2.45) is 5.92 Å². The van der Waals surface area contributed by atoms with E-state index in [0.29, 0.717) is 18.3 Å². The molecule has 1 aromatic carbocycles. The van der Waals surface area contributed by atoms with Gasteiger partial charge in [0.25, 0.3) is 5.91 Å². The molecule has 0 bridgehead atoms. The molecule has 0 aliphatic heterocycles. The van der Waals surface area contributed by atoms with Crippen molar-refractivity contribution in [3.63, 3.8) is 0 Å². The highest BCUT2D eigenvalue weighted by atomic mass is 16.5. The largest absolute Gasteiger partial charge is 0.508 e. The minimum absolute atomic E-state index is 0.132. The zero-order valence-corrected chi connectivity index (χ0v) is 17.1. The SMILES string of the molecule is COc1ccnc(C(=O)NC(C)C(=O)OCCC(C)C)c1O.Oc1ccccc1. The zero-order valence-electron chi connectivity index (χ0n) is 17.1. The standard InChI is InChI=1S/C15H22N2O5.C6H6O/c1-9(2)6-8-22-15(20)10(3)17-14(19)12-13(18)11(21-4)5-7-16-12;7-6-4-2-1-3-5-6/h5,7,9-10,18H,6,8H2,1-4H3,(H,17,19);1-5,7H. The van der Waals surface area contributed by atoms with Crippen LogP contribution in [0.15, 0.2) is 42.6 Å². The van der Waals surface area contributed by atoms with Crippen LogP contribution in [-0.4, -0.2) is 46.8 Å². The second-order valence-corrected chi connectivity index (χ2v) is 6.59. The summed E-state index contributed by atoms with van der Waals surface area (Å²) in [5.41, 5.74) is -0.207. The molecule has 1 atom stereocenters. The molecule has 2 aromatic rings. The number of aromatic hydroxyl groups is 2. The lowest BCUT2D eigenvalue weighted by Crippen LogP contribution is -2.40. The molecule has 1 heterocycles. The number of para-hydroxylation sites is 1. The first-order chi connectivity index (χ1) is 13.8. The van der Waals surface area contributed by atoms with Crippen molar-refractivity contribution in [2.75, 3.05) is 13.7 Å². The predicted octanol–water partition coefficient (Wildman–Crippen LogP) is 2.90. The maximum absolute atomic E-state index is 12.0. The second-order valence-electron chi connectivity index (χ2n) is 6.59. The normalized spacial score (nSPS) is 11.1. The van der Waals surface area contributed by atoms with Gasteiger partial charge in [0, 0.05) is 12.3 Å². The van der Waals surface area contributed by atoms with E-state index in [2.05, 4.69) is 10.3 Å². The van der Waals surface area contributed by atoms with Crippen LogP contribution in [0.3, 0.4) is 0 Å². The molecular formula is C21H28N2O6. The molecule has 1 aromatic heterocycles. The van der Waals surface area contributed by atoms with Gasteiger partial charge in [-0.1, -0.05) is 32.0 Å². The number of carbonyl (C=O) groups is 2. The van der Waals surface area contributed by atoms with Crippen LogP contribution in [0.4, 0.5) is 0 Å². The third kappa shape index (κ3) is 8.50. The highest BCUT2D eigenvalue weighted by Gasteiger charge is 2.22. The number of amides is 1. The molecule has 0 saturated carbocycles. The number of benzene rings is 1. The number of nitrogens with one attached hydrogen (secondary N) is 1. The number of hydrogen-bond donors (Lipinski definition) is 3. The topological polar surface area (TPSA) is 118 Å². The highest BCUT2D eigenvalue weighted by Crippen LogP contribution is 2.27. The Morgan fingerprint density at radius 3 is 2.28 bits per heavy atom. The molecule has 29 heavy (non-hydrogen) atoms. The summed E-state index contributed by atoms with van der Waals surface area (Å²) in [7, 11) is 1.37. The first kappa shape index (κ1) is 23.7. The van der Waals surface area contributed by atoms with Gasteiger partial charge in [-0.15, -0.1) is 0 Å². The van der Waals surface area contributed by atoms with E-state index < -0.39 is 17.9 Å².